The van der Waals surface area contributed by atoms with Crippen molar-refractivity contribution in [3.05, 3.63) is 35.9 Å². The van der Waals surface area contributed by atoms with Gasteiger partial charge in [0, 0.05) is 12.8 Å². The Hall–Kier alpha value is -2.37. The summed E-state index contributed by atoms with van der Waals surface area (Å²) in [5.74, 6) is -0.579. The van der Waals surface area contributed by atoms with Crippen LogP contribution in [0.4, 0.5) is 0 Å². The topological polar surface area (TPSA) is 84.5 Å². The van der Waals surface area contributed by atoms with Gasteiger partial charge in [-0.1, -0.05) is 43.2 Å². The average molecular weight is 403 g/mol. The molecule has 6 nitrogen and oxygen atoms in total. The largest absolute Gasteiger partial charge is 0.458 e. The van der Waals surface area contributed by atoms with Gasteiger partial charge in [-0.2, -0.15) is 0 Å². The van der Waals surface area contributed by atoms with Crippen LogP contribution in [-0.4, -0.2) is 35.5 Å². The van der Waals surface area contributed by atoms with Crippen molar-refractivity contribution in [3.8, 4) is 0 Å². The molecule has 0 saturated heterocycles. The Labute approximate surface area is 173 Å². The highest BCUT2D eigenvalue weighted by Gasteiger charge is 2.29. The van der Waals surface area contributed by atoms with Crippen LogP contribution < -0.4 is 10.6 Å². The molecule has 0 heterocycles. The Morgan fingerprint density at radius 2 is 1.69 bits per heavy atom. The molecule has 1 aliphatic carbocycles. The molecule has 1 aliphatic rings. The number of esters is 1. The van der Waals surface area contributed by atoms with Gasteiger partial charge in [0.15, 0.2) is 0 Å². The Balaban J connectivity index is 1.96. The Morgan fingerprint density at radius 3 is 2.28 bits per heavy atom. The standard InChI is InChI=1S/C23H34N2O4/c1-16(24-20(26)15-18-12-8-9-13-18)21(27)25-19(22(28)29-23(2,3)4)14-17-10-6-5-7-11-17/h5-7,10-11,16,18-19H,8-9,12-15H2,1-4H3,(H,24,26)(H,25,27)/t16-,19-/m0/s1. The Morgan fingerprint density at radius 1 is 1.07 bits per heavy atom. The zero-order valence-corrected chi connectivity index (χ0v) is 18.0. The normalized spacial score (nSPS) is 16.7. The molecule has 0 bridgehead atoms. The second kappa shape index (κ2) is 10.4. The lowest BCUT2D eigenvalue weighted by Gasteiger charge is -2.26. The van der Waals surface area contributed by atoms with Crippen molar-refractivity contribution in [3.63, 3.8) is 0 Å². The van der Waals surface area contributed by atoms with Gasteiger partial charge in [0.05, 0.1) is 0 Å². The summed E-state index contributed by atoms with van der Waals surface area (Å²) in [6, 6.07) is 7.92. The Bertz CT molecular complexity index is 691. The molecule has 2 amide bonds. The summed E-state index contributed by atoms with van der Waals surface area (Å²) >= 11 is 0. The fourth-order valence-corrected chi connectivity index (χ4v) is 3.56. The number of nitrogens with one attached hydrogen (secondary N) is 2. The van der Waals surface area contributed by atoms with Crippen LogP contribution in [0.15, 0.2) is 30.3 Å². The van der Waals surface area contributed by atoms with Gasteiger partial charge in [-0.05, 0) is 52.0 Å². The van der Waals surface area contributed by atoms with Crippen LogP contribution in [0.3, 0.4) is 0 Å². The first-order chi connectivity index (χ1) is 13.6. The van der Waals surface area contributed by atoms with Crippen molar-refractivity contribution in [2.24, 2.45) is 5.92 Å². The SMILES string of the molecule is C[C@H](NC(=O)CC1CCCC1)C(=O)N[C@@H](Cc1ccccc1)C(=O)OC(C)(C)C. The highest BCUT2D eigenvalue weighted by Crippen LogP contribution is 2.27. The molecule has 0 radical (unpaired) electrons. The molecular weight excluding hydrogens is 368 g/mol. The maximum Gasteiger partial charge on any atom is 0.329 e. The summed E-state index contributed by atoms with van der Waals surface area (Å²) < 4.78 is 5.48. The fraction of sp³-hybridized carbons (Fsp3) is 0.609. The molecule has 6 heteroatoms. The maximum atomic E-state index is 12.7. The molecule has 2 rings (SSSR count). The monoisotopic (exact) mass is 402 g/mol. The van der Waals surface area contributed by atoms with E-state index in [9.17, 15) is 14.4 Å². The molecule has 1 saturated carbocycles. The van der Waals surface area contributed by atoms with Gasteiger partial charge >= 0.3 is 5.97 Å². The van der Waals surface area contributed by atoms with Gasteiger partial charge in [0.1, 0.15) is 17.7 Å². The zero-order valence-electron chi connectivity index (χ0n) is 18.0. The predicted octanol–water partition coefficient (Wildman–Crippen LogP) is 3.14. The number of ether oxygens (including phenoxy) is 1. The van der Waals surface area contributed by atoms with E-state index < -0.39 is 29.6 Å². The minimum absolute atomic E-state index is 0.114. The van der Waals surface area contributed by atoms with Gasteiger partial charge in [0.2, 0.25) is 11.8 Å². The van der Waals surface area contributed by atoms with Crippen LogP contribution in [0.1, 0.15) is 65.4 Å². The summed E-state index contributed by atoms with van der Waals surface area (Å²) in [6.07, 6.45) is 5.27. The third kappa shape index (κ3) is 8.26. The lowest BCUT2D eigenvalue weighted by atomic mass is 10.0. The molecule has 0 unspecified atom stereocenters. The number of carbonyl (C=O) groups is 3. The van der Waals surface area contributed by atoms with E-state index in [0.29, 0.717) is 18.8 Å². The number of carbonyl (C=O) groups excluding carboxylic acids is 3. The average Bonchev–Trinajstić information content (AvgIpc) is 3.13. The first-order valence-electron chi connectivity index (χ1n) is 10.5. The van der Waals surface area contributed by atoms with Gasteiger partial charge < -0.3 is 15.4 Å². The van der Waals surface area contributed by atoms with Crippen molar-refractivity contribution < 1.29 is 19.1 Å². The van der Waals surface area contributed by atoms with E-state index in [1.807, 2.05) is 30.3 Å². The van der Waals surface area contributed by atoms with Crippen LogP contribution in [0.5, 0.6) is 0 Å². The van der Waals surface area contributed by atoms with E-state index in [1.165, 1.54) is 12.8 Å². The molecule has 0 spiro atoms. The smallest absolute Gasteiger partial charge is 0.329 e. The molecule has 0 aromatic heterocycles. The van der Waals surface area contributed by atoms with Gasteiger partial charge in [0.25, 0.3) is 0 Å². The number of amides is 2. The van der Waals surface area contributed by atoms with Crippen LogP contribution in [0.2, 0.25) is 0 Å². The van der Waals surface area contributed by atoms with Gasteiger partial charge in [-0.15, -0.1) is 0 Å². The predicted molar refractivity (Wildman–Crippen MR) is 112 cm³/mol. The quantitative estimate of drug-likeness (QED) is 0.654. The van der Waals surface area contributed by atoms with Crippen molar-refractivity contribution in [1.29, 1.82) is 0 Å². The number of hydrogen-bond acceptors (Lipinski definition) is 4. The molecule has 2 N–H and O–H groups in total. The minimum atomic E-state index is -0.821. The summed E-state index contributed by atoms with van der Waals surface area (Å²) in [7, 11) is 0. The molecular formula is C23H34N2O4. The van der Waals surface area contributed by atoms with Gasteiger partial charge in [-0.25, -0.2) is 4.79 Å². The number of benzene rings is 1. The van der Waals surface area contributed by atoms with Crippen molar-refractivity contribution in [2.75, 3.05) is 0 Å². The lowest BCUT2D eigenvalue weighted by molar-refractivity contribution is -0.158. The van der Waals surface area contributed by atoms with E-state index in [4.69, 9.17) is 4.74 Å². The molecule has 160 valence electrons. The second-order valence-corrected chi connectivity index (χ2v) is 8.93. The summed E-state index contributed by atoms with van der Waals surface area (Å²) in [4.78, 5) is 37.5. The van der Waals surface area contributed by atoms with E-state index >= 15 is 0 Å². The summed E-state index contributed by atoms with van der Waals surface area (Å²) in [5, 5.41) is 5.52. The van der Waals surface area contributed by atoms with Crippen molar-refractivity contribution in [1.82, 2.24) is 10.6 Å². The van der Waals surface area contributed by atoms with Crippen LogP contribution >= 0.6 is 0 Å². The van der Waals surface area contributed by atoms with Crippen LogP contribution in [0.25, 0.3) is 0 Å². The van der Waals surface area contributed by atoms with E-state index in [1.54, 1.807) is 27.7 Å². The third-order valence-corrected chi connectivity index (χ3v) is 5.01. The van der Waals surface area contributed by atoms with Crippen molar-refractivity contribution in [2.45, 2.75) is 83.9 Å². The van der Waals surface area contributed by atoms with E-state index in [-0.39, 0.29) is 5.91 Å². The second-order valence-electron chi connectivity index (χ2n) is 8.93. The highest BCUT2D eigenvalue weighted by atomic mass is 16.6. The molecule has 2 atom stereocenters. The molecule has 1 aromatic rings. The van der Waals surface area contributed by atoms with Crippen LogP contribution in [-0.2, 0) is 25.5 Å². The number of hydrogen-bond donors (Lipinski definition) is 2. The molecule has 1 fully saturated rings. The maximum absolute atomic E-state index is 12.7. The molecule has 1 aromatic carbocycles. The number of rotatable bonds is 8. The third-order valence-electron chi connectivity index (χ3n) is 5.01. The summed E-state index contributed by atoms with van der Waals surface area (Å²) in [5.41, 5.74) is 0.263. The molecule has 29 heavy (non-hydrogen) atoms. The Kier molecular flexibility index (Phi) is 8.23. The van der Waals surface area contributed by atoms with E-state index in [2.05, 4.69) is 10.6 Å². The first kappa shape index (κ1) is 22.9. The van der Waals surface area contributed by atoms with E-state index in [0.717, 1.165) is 18.4 Å². The molecule has 0 aliphatic heterocycles. The minimum Gasteiger partial charge on any atom is -0.458 e. The van der Waals surface area contributed by atoms with Gasteiger partial charge in [-0.3, -0.25) is 9.59 Å². The van der Waals surface area contributed by atoms with Crippen molar-refractivity contribution >= 4 is 17.8 Å². The highest BCUT2D eigenvalue weighted by molar-refractivity contribution is 5.90. The zero-order chi connectivity index (χ0) is 21.4. The fourth-order valence-electron chi connectivity index (χ4n) is 3.56. The summed E-state index contributed by atoms with van der Waals surface area (Å²) in [6.45, 7) is 7.01. The lowest BCUT2D eigenvalue weighted by Crippen LogP contribution is -2.52. The first-order valence-corrected chi connectivity index (χ1v) is 10.5. The van der Waals surface area contributed by atoms with Crippen LogP contribution in [0, 0.1) is 5.92 Å².